The quantitative estimate of drug-likeness (QED) is 0.151. The van der Waals surface area contributed by atoms with Crippen LogP contribution >= 0.6 is 0 Å². The standard InChI is InChI=1S/C18H32O5/c1-2-3-7-11-16-17(22-16)14-13-15(23-21)10-8-5-4-6-9-12-18(19)20/h13-17,21H,2-12H2,1H3,(H,19,20). The normalized spacial score (nSPS) is 21.7. The summed E-state index contributed by atoms with van der Waals surface area (Å²) in [7, 11) is 0. The van der Waals surface area contributed by atoms with Gasteiger partial charge in [0.15, 0.2) is 0 Å². The third-order valence-corrected chi connectivity index (χ3v) is 4.24. The van der Waals surface area contributed by atoms with Gasteiger partial charge in [0, 0.05) is 6.42 Å². The van der Waals surface area contributed by atoms with E-state index in [1.807, 2.05) is 12.2 Å². The van der Waals surface area contributed by atoms with E-state index in [0.717, 1.165) is 44.9 Å². The zero-order chi connectivity index (χ0) is 16.9. The maximum atomic E-state index is 10.4. The Morgan fingerprint density at radius 1 is 1.17 bits per heavy atom. The van der Waals surface area contributed by atoms with Crippen molar-refractivity contribution >= 4 is 5.97 Å². The zero-order valence-corrected chi connectivity index (χ0v) is 14.3. The Morgan fingerprint density at radius 3 is 2.61 bits per heavy atom. The van der Waals surface area contributed by atoms with Crippen molar-refractivity contribution in [3.8, 4) is 0 Å². The van der Waals surface area contributed by atoms with Gasteiger partial charge in [-0.25, -0.2) is 4.89 Å². The van der Waals surface area contributed by atoms with E-state index in [0.29, 0.717) is 6.10 Å². The van der Waals surface area contributed by atoms with E-state index in [-0.39, 0.29) is 18.6 Å². The Kier molecular flexibility index (Phi) is 10.9. The number of carboxylic acids is 1. The Bertz CT molecular complexity index is 342. The minimum atomic E-state index is -0.723. The highest BCUT2D eigenvalue weighted by molar-refractivity contribution is 5.66. The van der Waals surface area contributed by atoms with Crippen molar-refractivity contribution in [3.05, 3.63) is 12.2 Å². The number of rotatable bonds is 15. The molecule has 5 heteroatoms. The highest BCUT2D eigenvalue weighted by atomic mass is 17.1. The van der Waals surface area contributed by atoms with Crippen LogP contribution in [0.4, 0.5) is 0 Å². The number of hydrogen-bond donors (Lipinski definition) is 2. The summed E-state index contributed by atoms with van der Waals surface area (Å²) >= 11 is 0. The van der Waals surface area contributed by atoms with Gasteiger partial charge in [-0.3, -0.25) is 10.1 Å². The van der Waals surface area contributed by atoms with Crippen molar-refractivity contribution in [1.29, 1.82) is 0 Å². The second-order valence-electron chi connectivity index (χ2n) is 6.36. The second kappa shape index (κ2) is 12.5. The number of hydrogen-bond acceptors (Lipinski definition) is 4. The number of epoxide rings is 1. The summed E-state index contributed by atoms with van der Waals surface area (Å²) in [4.78, 5) is 14.9. The van der Waals surface area contributed by atoms with Crippen LogP contribution in [0.1, 0.15) is 77.6 Å². The predicted octanol–water partition coefficient (Wildman–Crippen LogP) is 4.56. The molecule has 3 atom stereocenters. The van der Waals surface area contributed by atoms with Gasteiger partial charge >= 0.3 is 5.97 Å². The van der Waals surface area contributed by atoms with E-state index in [1.54, 1.807) is 0 Å². The smallest absolute Gasteiger partial charge is 0.303 e. The van der Waals surface area contributed by atoms with E-state index in [4.69, 9.17) is 15.1 Å². The molecule has 0 saturated carbocycles. The average Bonchev–Trinajstić information content (AvgIpc) is 3.27. The number of unbranched alkanes of at least 4 members (excludes halogenated alkanes) is 6. The number of carbonyl (C=O) groups is 1. The van der Waals surface area contributed by atoms with Gasteiger partial charge in [-0.2, -0.15) is 0 Å². The maximum Gasteiger partial charge on any atom is 0.303 e. The Balaban J connectivity index is 2.02. The molecule has 1 heterocycles. The summed E-state index contributed by atoms with van der Waals surface area (Å²) in [6.45, 7) is 2.19. The lowest BCUT2D eigenvalue weighted by atomic mass is 10.1. The van der Waals surface area contributed by atoms with Crippen LogP contribution in [0, 0.1) is 0 Å². The van der Waals surface area contributed by atoms with Gasteiger partial charge < -0.3 is 9.84 Å². The van der Waals surface area contributed by atoms with Gasteiger partial charge in [-0.1, -0.05) is 64.0 Å². The first-order valence-corrected chi connectivity index (χ1v) is 9.03. The molecule has 0 aliphatic carbocycles. The Morgan fingerprint density at radius 2 is 1.91 bits per heavy atom. The highest BCUT2D eigenvalue weighted by Crippen LogP contribution is 2.28. The summed E-state index contributed by atoms with van der Waals surface area (Å²) < 4.78 is 5.58. The average molecular weight is 328 g/mol. The molecule has 0 radical (unpaired) electrons. The summed E-state index contributed by atoms with van der Waals surface area (Å²) in [6, 6.07) is 0. The van der Waals surface area contributed by atoms with Crippen molar-refractivity contribution in [2.75, 3.05) is 0 Å². The van der Waals surface area contributed by atoms with Crippen molar-refractivity contribution in [2.24, 2.45) is 0 Å². The maximum absolute atomic E-state index is 10.4. The minimum Gasteiger partial charge on any atom is -0.481 e. The molecule has 1 aliphatic rings. The molecule has 1 fully saturated rings. The fourth-order valence-electron chi connectivity index (χ4n) is 2.72. The van der Waals surface area contributed by atoms with Gasteiger partial charge in [0.2, 0.25) is 0 Å². The molecule has 1 rings (SSSR count). The molecule has 3 unspecified atom stereocenters. The first-order chi connectivity index (χ1) is 11.2. The lowest BCUT2D eigenvalue weighted by molar-refractivity contribution is -0.267. The third-order valence-electron chi connectivity index (χ3n) is 4.24. The SMILES string of the molecule is CCCCCC1OC1C=CC(CCCCCCCC(=O)O)OO. The van der Waals surface area contributed by atoms with Gasteiger partial charge in [-0.05, 0) is 19.3 Å². The van der Waals surface area contributed by atoms with Crippen LogP contribution in [0.15, 0.2) is 12.2 Å². The van der Waals surface area contributed by atoms with E-state index in [9.17, 15) is 4.79 Å². The topological polar surface area (TPSA) is 79.3 Å². The van der Waals surface area contributed by atoms with Crippen LogP contribution in [-0.4, -0.2) is 34.6 Å². The van der Waals surface area contributed by atoms with Crippen molar-refractivity contribution in [3.63, 3.8) is 0 Å². The Labute approximate surface area is 139 Å². The fourth-order valence-corrected chi connectivity index (χ4v) is 2.72. The summed E-state index contributed by atoms with van der Waals surface area (Å²) in [5.41, 5.74) is 0. The molecule has 0 aromatic heterocycles. The van der Waals surface area contributed by atoms with Crippen LogP contribution in [0.2, 0.25) is 0 Å². The van der Waals surface area contributed by atoms with Crippen molar-refractivity contribution in [1.82, 2.24) is 0 Å². The van der Waals surface area contributed by atoms with Crippen LogP contribution in [-0.2, 0) is 14.4 Å². The molecule has 2 N–H and O–H groups in total. The molecule has 1 saturated heterocycles. The molecule has 0 aromatic rings. The first-order valence-electron chi connectivity index (χ1n) is 9.03. The minimum absolute atomic E-state index is 0.195. The monoisotopic (exact) mass is 328 g/mol. The molecular formula is C18H32O5. The van der Waals surface area contributed by atoms with Crippen LogP contribution < -0.4 is 0 Å². The van der Waals surface area contributed by atoms with Crippen LogP contribution in [0.5, 0.6) is 0 Å². The van der Waals surface area contributed by atoms with Crippen LogP contribution in [0.3, 0.4) is 0 Å². The Hall–Kier alpha value is -0.910. The number of aliphatic carboxylic acids is 1. The van der Waals surface area contributed by atoms with E-state index in [2.05, 4.69) is 11.8 Å². The van der Waals surface area contributed by atoms with E-state index >= 15 is 0 Å². The molecule has 5 nitrogen and oxygen atoms in total. The molecule has 0 amide bonds. The number of ether oxygens (including phenoxy) is 1. The van der Waals surface area contributed by atoms with E-state index in [1.165, 1.54) is 19.3 Å². The van der Waals surface area contributed by atoms with Gasteiger partial charge in [0.05, 0.1) is 6.10 Å². The molecule has 0 aromatic carbocycles. The van der Waals surface area contributed by atoms with Gasteiger partial charge in [0.1, 0.15) is 12.2 Å². The molecule has 23 heavy (non-hydrogen) atoms. The van der Waals surface area contributed by atoms with Gasteiger partial charge in [-0.15, -0.1) is 0 Å². The summed E-state index contributed by atoms with van der Waals surface area (Å²) in [6.07, 6.45) is 14.7. The lowest BCUT2D eigenvalue weighted by Crippen LogP contribution is -2.07. The third kappa shape index (κ3) is 10.5. The van der Waals surface area contributed by atoms with Crippen LogP contribution in [0.25, 0.3) is 0 Å². The highest BCUT2D eigenvalue weighted by Gasteiger charge is 2.35. The zero-order valence-electron chi connectivity index (χ0n) is 14.3. The number of carboxylic acid groups (broad SMARTS) is 1. The van der Waals surface area contributed by atoms with Crippen molar-refractivity contribution in [2.45, 2.75) is 95.9 Å². The van der Waals surface area contributed by atoms with Gasteiger partial charge in [0.25, 0.3) is 0 Å². The second-order valence-corrected chi connectivity index (χ2v) is 6.36. The predicted molar refractivity (Wildman–Crippen MR) is 89.4 cm³/mol. The molecule has 0 bridgehead atoms. The molecule has 134 valence electrons. The molecule has 0 spiro atoms. The van der Waals surface area contributed by atoms with E-state index < -0.39 is 5.97 Å². The largest absolute Gasteiger partial charge is 0.481 e. The summed E-state index contributed by atoms with van der Waals surface area (Å²) in [5.74, 6) is -0.723. The fraction of sp³-hybridized carbons (Fsp3) is 0.833. The molecule has 1 aliphatic heterocycles. The molecular weight excluding hydrogens is 296 g/mol. The first kappa shape index (κ1) is 20.1. The summed E-state index contributed by atoms with van der Waals surface area (Å²) in [5, 5.41) is 17.5. The lowest BCUT2D eigenvalue weighted by Gasteiger charge is -2.08. The van der Waals surface area contributed by atoms with Crippen molar-refractivity contribution < 1.29 is 24.8 Å².